The number of aromatic nitrogens is 4. The Kier molecular flexibility index (Phi) is 5.52. The van der Waals surface area contributed by atoms with E-state index in [-0.39, 0.29) is 11.2 Å². The molecule has 1 atom stereocenters. The quantitative estimate of drug-likeness (QED) is 0.673. The summed E-state index contributed by atoms with van der Waals surface area (Å²) in [6.45, 7) is 3.82. The molecule has 0 radical (unpaired) electrons. The molecule has 7 nitrogen and oxygen atoms in total. The van der Waals surface area contributed by atoms with Gasteiger partial charge in [0.15, 0.2) is 0 Å². The summed E-state index contributed by atoms with van der Waals surface area (Å²) in [6, 6.07) is 15.1. The highest BCUT2D eigenvalue weighted by molar-refractivity contribution is 8.00. The minimum absolute atomic E-state index is 0.117. The van der Waals surface area contributed by atoms with Crippen molar-refractivity contribution in [2.24, 2.45) is 0 Å². The molecule has 1 aromatic heterocycles. The molecule has 1 heterocycles. The van der Waals surface area contributed by atoms with Crippen LogP contribution >= 0.6 is 11.8 Å². The summed E-state index contributed by atoms with van der Waals surface area (Å²) in [5.41, 5.74) is 2.62. The number of anilines is 1. The summed E-state index contributed by atoms with van der Waals surface area (Å²) >= 11 is 1.28. The average Bonchev–Trinajstić information content (AvgIpc) is 3.11. The van der Waals surface area contributed by atoms with E-state index in [1.165, 1.54) is 11.8 Å². The van der Waals surface area contributed by atoms with E-state index in [9.17, 15) is 4.79 Å². The summed E-state index contributed by atoms with van der Waals surface area (Å²) in [6.07, 6.45) is 0. The van der Waals surface area contributed by atoms with Gasteiger partial charge in [0, 0.05) is 5.69 Å². The van der Waals surface area contributed by atoms with Crippen molar-refractivity contribution in [3.05, 3.63) is 54.1 Å². The van der Waals surface area contributed by atoms with Crippen molar-refractivity contribution in [1.82, 2.24) is 20.2 Å². The lowest BCUT2D eigenvalue weighted by Crippen LogP contribution is -2.22. The number of benzene rings is 2. The standard InChI is InChI=1S/C18H19N5O2S/c1-12-8-10-14(11-9-12)19-17(24)13(2)26-18-20-21-22-23(18)15-6-4-5-7-16(15)25-3/h4-11,13H,1-3H3,(H,19,24). The van der Waals surface area contributed by atoms with Gasteiger partial charge < -0.3 is 10.1 Å². The number of nitrogens with zero attached hydrogens (tertiary/aromatic N) is 4. The van der Waals surface area contributed by atoms with E-state index < -0.39 is 0 Å². The number of para-hydroxylation sites is 2. The van der Waals surface area contributed by atoms with Crippen LogP contribution in [0, 0.1) is 6.92 Å². The summed E-state index contributed by atoms with van der Waals surface area (Å²) in [5.74, 6) is 0.534. The molecule has 8 heteroatoms. The van der Waals surface area contributed by atoms with Crippen molar-refractivity contribution >= 4 is 23.4 Å². The molecule has 0 fully saturated rings. The van der Waals surface area contributed by atoms with Crippen molar-refractivity contribution in [2.75, 3.05) is 12.4 Å². The van der Waals surface area contributed by atoms with Gasteiger partial charge in [-0.25, -0.2) is 0 Å². The summed E-state index contributed by atoms with van der Waals surface area (Å²) < 4.78 is 6.93. The Morgan fingerprint density at radius 1 is 1.19 bits per heavy atom. The fourth-order valence-corrected chi connectivity index (χ4v) is 3.10. The Morgan fingerprint density at radius 2 is 1.92 bits per heavy atom. The molecule has 1 unspecified atom stereocenters. The lowest BCUT2D eigenvalue weighted by atomic mass is 10.2. The first kappa shape index (κ1) is 17.9. The van der Waals surface area contributed by atoms with Crippen LogP contribution in [0.4, 0.5) is 5.69 Å². The van der Waals surface area contributed by atoms with Crippen LogP contribution in [-0.4, -0.2) is 38.5 Å². The van der Waals surface area contributed by atoms with Gasteiger partial charge in [-0.1, -0.05) is 41.6 Å². The number of hydrogen-bond donors (Lipinski definition) is 1. The zero-order chi connectivity index (χ0) is 18.5. The maximum absolute atomic E-state index is 12.5. The summed E-state index contributed by atoms with van der Waals surface area (Å²) in [5, 5.41) is 14.8. The first-order valence-electron chi connectivity index (χ1n) is 8.04. The smallest absolute Gasteiger partial charge is 0.237 e. The van der Waals surface area contributed by atoms with Gasteiger partial charge in [0.1, 0.15) is 11.4 Å². The Balaban J connectivity index is 1.74. The van der Waals surface area contributed by atoms with Crippen molar-refractivity contribution < 1.29 is 9.53 Å². The van der Waals surface area contributed by atoms with E-state index in [1.54, 1.807) is 11.8 Å². The van der Waals surface area contributed by atoms with Crippen LogP contribution < -0.4 is 10.1 Å². The molecule has 1 N–H and O–H groups in total. The number of thioether (sulfide) groups is 1. The van der Waals surface area contributed by atoms with Crippen LogP contribution in [0.3, 0.4) is 0 Å². The highest BCUT2D eigenvalue weighted by Gasteiger charge is 2.20. The van der Waals surface area contributed by atoms with Crippen molar-refractivity contribution in [2.45, 2.75) is 24.3 Å². The van der Waals surface area contributed by atoms with E-state index in [2.05, 4.69) is 20.8 Å². The predicted octanol–water partition coefficient (Wildman–Crippen LogP) is 3.10. The Bertz CT molecular complexity index is 895. The lowest BCUT2D eigenvalue weighted by Gasteiger charge is -2.13. The Labute approximate surface area is 155 Å². The van der Waals surface area contributed by atoms with Crippen molar-refractivity contribution in [3.8, 4) is 11.4 Å². The van der Waals surface area contributed by atoms with Gasteiger partial charge in [0.05, 0.1) is 12.4 Å². The number of aryl methyl sites for hydroxylation is 1. The van der Waals surface area contributed by atoms with E-state index in [1.807, 2.05) is 62.4 Å². The van der Waals surface area contributed by atoms with E-state index in [0.717, 1.165) is 11.3 Å². The van der Waals surface area contributed by atoms with Crippen LogP contribution in [0.15, 0.2) is 53.7 Å². The second-order valence-electron chi connectivity index (χ2n) is 5.66. The van der Waals surface area contributed by atoms with Crippen molar-refractivity contribution in [1.29, 1.82) is 0 Å². The molecule has 0 aliphatic carbocycles. The average molecular weight is 369 g/mol. The van der Waals surface area contributed by atoms with E-state index in [0.29, 0.717) is 16.6 Å². The number of methoxy groups -OCH3 is 1. The van der Waals surface area contributed by atoms with E-state index >= 15 is 0 Å². The molecule has 134 valence electrons. The first-order chi connectivity index (χ1) is 12.6. The molecule has 3 rings (SSSR count). The topological polar surface area (TPSA) is 81.9 Å². The number of carbonyl (C=O) groups excluding carboxylic acids is 1. The molecule has 2 aromatic carbocycles. The third-order valence-electron chi connectivity index (χ3n) is 3.72. The van der Waals surface area contributed by atoms with Crippen LogP contribution in [-0.2, 0) is 4.79 Å². The van der Waals surface area contributed by atoms with Crippen molar-refractivity contribution in [3.63, 3.8) is 0 Å². The SMILES string of the molecule is COc1ccccc1-n1nnnc1SC(C)C(=O)Nc1ccc(C)cc1. The van der Waals surface area contributed by atoms with Crippen LogP contribution in [0.2, 0.25) is 0 Å². The number of amides is 1. The van der Waals surface area contributed by atoms with Gasteiger partial charge in [0.2, 0.25) is 11.1 Å². The number of hydrogen-bond acceptors (Lipinski definition) is 6. The van der Waals surface area contributed by atoms with Gasteiger partial charge in [-0.15, -0.1) is 5.10 Å². The molecule has 0 aliphatic rings. The lowest BCUT2D eigenvalue weighted by molar-refractivity contribution is -0.115. The number of carbonyl (C=O) groups is 1. The third-order valence-corrected chi connectivity index (χ3v) is 4.76. The highest BCUT2D eigenvalue weighted by Crippen LogP contribution is 2.28. The zero-order valence-electron chi connectivity index (χ0n) is 14.7. The van der Waals surface area contributed by atoms with Crippen LogP contribution in [0.1, 0.15) is 12.5 Å². The van der Waals surface area contributed by atoms with E-state index in [4.69, 9.17) is 4.74 Å². The molecular weight excluding hydrogens is 350 g/mol. The minimum atomic E-state index is -0.379. The molecule has 3 aromatic rings. The monoisotopic (exact) mass is 369 g/mol. The maximum atomic E-state index is 12.5. The molecule has 0 aliphatic heterocycles. The minimum Gasteiger partial charge on any atom is -0.494 e. The van der Waals surface area contributed by atoms with Gasteiger partial charge >= 0.3 is 0 Å². The highest BCUT2D eigenvalue weighted by atomic mass is 32.2. The molecule has 26 heavy (non-hydrogen) atoms. The number of nitrogens with one attached hydrogen (secondary N) is 1. The fourth-order valence-electron chi connectivity index (χ4n) is 2.30. The van der Waals surface area contributed by atoms with Gasteiger partial charge in [0.25, 0.3) is 0 Å². The van der Waals surface area contributed by atoms with Gasteiger partial charge in [-0.2, -0.15) is 4.68 Å². The summed E-state index contributed by atoms with van der Waals surface area (Å²) in [4.78, 5) is 12.5. The van der Waals surface area contributed by atoms with Gasteiger partial charge in [-0.05, 0) is 48.5 Å². The maximum Gasteiger partial charge on any atom is 0.237 e. The van der Waals surface area contributed by atoms with Crippen LogP contribution in [0.5, 0.6) is 5.75 Å². The Morgan fingerprint density at radius 3 is 2.65 bits per heavy atom. The number of tetrazole rings is 1. The fraction of sp³-hybridized carbons (Fsp3) is 0.222. The zero-order valence-corrected chi connectivity index (χ0v) is 15.5. The number of ether oxygens (including phenoxy) is 1. The Hall–Kier alpha value is -2.87. The first-order valence-corrected chi connectivity index (χ1v) is 8.92. The number of rotatable bonds is 6. The second-order valence-corrected chi connectivity index (χ2v) is 6.97. The molecule has 0 saturated carbocycles. The normalized spacial score (nSPS) is 11.8. The molecular formula is C18H19N5O2S. The second kappa shape index (κ2) is 8.01. The molecule has 0 saturated heterocycles. The largest absolute Gasteiger partial charge is 0.494 e. The van der Waals surface area contributed by atoms with Crippen LogP contribution in [0.25, 0.3) is 5.69 Å². The summed E-state index contributed by atoms with van der Waals surface area (Å²) in [7, 11) is 1.59. The third kappa shape index (κ3) is 4.02. The molecule has 0 bridgehead atoms. The van der Waals surface area contributed by atoms with Gasteiger partial charge in [-0.3, -0.25) is 4.79 Å². The molecule has 1 amide bonds. The molecule has 0 spiro atoms. The predicted molar refractivity (Wildman–Crippen MR) is 101 cm³/mol.